The molecule has 104 valence electrons. The Labute approximate surface area is 117 Å². The van der Waals surface area contributed by atoms with Crippen molar-refractivity contribution in [3.05, 3.63) is 33.9 Å². The number of thioether (sulfide) groups is 1. The normalized spacial score (nSPS) is 10.7. The van der Waals surface area contributed by atoms with Crippen molar-refractivity contribution >= 4 is 23.7 Å². The lowest BCUT2D eigenvalue weighted by molar-refractivity contribution is -0.384. The monoisotopic (exact) mass is 282 g/mol. The van der Waals surface area contributed by atoms with Crippen LogP contribution in [0.1, 0.15) is 24.2 Å². The highest BCUT2D eigenvalue weighted by Gasteiger charge is 2.11. The molecule has 0 aliphatic heterocycles. The highest BCUT2D eigenvalue weighted by atomic mass is 32.2. The Bertz CT molecular complexity index is 448. The minimum atomic E-state index is -0.489. The second-order valence-corrected chi connectivity index (χ2v) is 5.11. The SMILES string of the molecule is CCN(CC)CCSc1ccc([N+](=O)[O-])cc1C=O. The van der Waals surface area contributed by atoms with Crippen LogP contribution in [-0.4, -0.2) is 41.5 Å². The Morgan fingerprint density at radius 1 is 1.37 bits per heavy atom. The average Bonchev–Trinajstić information content (AvgIpc) is 2.43. The third-order valence-electron chi connectivity index (χ3n) is 2.89. The standard InChI is InChI=1S/C13H18N2O3S/c1-3-14(4-2)7-8-19-13-6-5-12(15(17)18)9-11(13)10-16/h5-6,9-10H,3-4,7-8H2,1-2H3. The summed E-state index contributed by atoms with van der Waals surface area (Å²) in [6, 6.07) is 4.41. The molecule has 1 rings (SSSR count). The molecule has 6 heteroatoms. The summed E-state index contributed by atoms with van der Waals surface area (Å²) in [4.78, 5) is 24.2. The third kappa shape index (κ3) is 4.65. The number of nitro groups is 1. The van der Waals surface area contributed by atoms with Gasteiger partial charge in [-0.3, -0.25) is 14.9 Å². The van der Waals surface area contributed by atoms with E-state index in [0.29, 0.717) is 11.8 Å². The van der Waals surface area contributed by atoms with Gasteiger partial charge >= 0.3 is 0 Å². The minimum Gasteiger partial charge on any atom is -0.303 e. The molecule has 5 nitrogen and oxygen atoms in total. The minimum absolute atomic E-state index is 0.0461. The molecule has 0 saturated heterocycles. The predicted octanol–water partition coefficient (Wildman–Crippen LogP) is 2.84. The van der Waals surface area contributed by atoms with Gasteiger partial charge < -0.3 is 4.90 Å². The zero-order valence-corrected chi connectivity index (χ0v) is 12.0. The lowest BCUT2D eigenvalue weighted by atomic mass is 10.2. The van der Waals surface area contributed by atoms with Crippen molar-refractivity contribution < 1.29 is 9.72 Å². The van der Waals surface area contributed by atoms with Gasteiger partial charge in [0.05, 0.1) is 4.92 Å². The maximum atomic E-state index is 11.0. The summed E-state index contributed by atoms with van der Waals surface area (Å²) < 4.78 is 0. The number of hydrogen-bond acceptors (Lipinski definition) is 5. The largest absolute Gasteiger partial charge is 0.303 e. The number of carbonyl (C=O) groups excluding carboxylic acids is 1. The van der Waals surface area contributed by atoms with Crippen LogP contribution < -0.4 is 0 Å². The van der Waals surface area contributed by atoms with Crippen LogP contribution in [0.5, 0.6) is 0 Å². The van der Waals surface area contributed by atoms with Crippen LogP contribution in [0.2, 0.25) is 0 Å². The topological polar surface area (TPSA) is 63.4 Å². The highest BCUT2D eigenvalue weighted by Crippen LogP contribution is 2.25. The Morgan fingerprint density at radius 3 is 2.58 bits per heavy atom. The fourth-order valence-corrected chi connectivity index (χ4v) is 2.70. The molecule has 0 fully saturated rings. The van der Waals surface area contributed by atoms with E-state index in [1.54, 1.807) is 17.8 Å². The lowest BCUT2D eigenvalue weighted by Crippen LogP contribution is -2.25. The van der Waals surface area contributed by atoms with Crippen molar-refractivity contribution in [2.45, 2.75) is 18.7 Å². The smallest absolute Gasteiger partial charge is 0.270 e. The molecule has 1 aromatic rings. The van der Waals surface area contributed by atoms with Crippen LogP contribution in [0.3, 0.4) is 0 Å². The molecular formula is C13H18N2O3S. The lowest BCUT2D eigenvalue weighted by Gasteiger charge is -2.17. The number of aldehydes is 1. The van der Waals surface area contributed by atoms with E-state index in [-0.39, 0.29) is 5.69 Å². The van der Waals surface area contributed by atoms with E-state index < -0.39 is 4.92 Å². The van der Waals surface area contributed by atoms with Crippen LogP contribution in [0.15, 0.2) is 23.1 Å². The quantitative estimate of drug-likeness (QED) is 0.317. The van der Waals surface area contributed by atoms with Gasteiger partial charge in [0.1, 0.15) is 0 Å². The first kappa shape index (κ1) is 15.7. The van der Waals surface area contributed by atoms with Crippen molar-refractivity contribution in [3.63, 3.8) is 0 Å². The predicted molar refractivity (Wildman–Crippen MR) is 77.0 cm³/mol. The van der Waals surface area contributed by atoms with Crippen molar-refractivity contribution in [3.8, 4) is 0 Å². The first-order valence-electron chi connectivity index (χ1n) is 6.21. The number of carbonyl (C=O) groups is 1. The van der Waals surface area contributed by atoms with Gasteiger partial charge in [0.2, 0.25) is 0 Å². The van der Waals surface area contributed by atoms with Crippen LogP contribution in [0.4, 0.5) is 5.69 Å². The zero-order valence-electron chi connectivity index (χ0n) is 11.2. The van der Waals surface area contributed by atoms with E-state index in [2.05, 4.69) is 18.7 Å². The Hall–Kier alpha value is -1.40. The van der Waals surface area contributed by atoms with Crippen molar-refractivity contribution in [1.82, 2.24) is 4.90 Å². The molecule has 0 saturated carbocycles. The highest BCUT2D eigenvalue weighted by molar-refractivity contribution is 7.99. The summed E-state index contributed by atoms with van der Waals surface area (Å²) in [5, 5.41) is 10.6. The maximum absolute atomic E-state index is 11.0. The fraction of sp³-hybridized carbons (Fsp3) is 0.462. The van der Waals surface area contributed by atoms with Gasteiger partial charge in [-0.25, -0.2) is 0 Å². The van der Waals surface area contributed by atoms with E-state index in [1.165, 1.54) is 12.1 Å². The molecule has 19 heavy (non-hydrogen) atoms. The number of nitrogens with zero attached hydrogens (tertiary/aromatic N) is 2. The van der Waals surface area contributed by atoms with E-state index in [9.17, 15) is 14.9 Å². The van der Waals surface area contributed by atoms with Crippen molar-refractivity contribution in [1.29, 1.82) is 0 Å². The summed E-state index contributed by atoms with van der Waals surface area (Å²) in [6.45, 7) is 7.15. The molecule has 0 heterocycles. The number of hydrogen-bond donors (Lipinski definition) is 0. The zero-order chi connectivity index (χ0) is 14.3. The van der Waals surface area contributed by atoms with Crippen LogP contribution in [-0.2, 0) is 0 Å². The number of non-ortho nitro benzene ring substituents is 1. The molecule has 0 amide bonds. The van der Waals surface area contributed by atoms with Crippen LogP contribution in [0.25, 0.3) is 0 Å². The molecule has 0 radical (unpaired) electrons. The fourth-order valence-electron chi connectivity index (χ4n) is 1.70. The molecule has 0 aliphatic rings. The maximum Gasteiger partial charge on any atom is 0.270 e. The van der Waals surface area contributed by atoms with Crippen LogP contribution >= 0.6 is 11.8 Å². The summed E-state index contributed by atoms with van der Waals surface area (Å²) in [5.41, 5.74) is 0.342. The molecule has 0 unspecified atom stereocenters. The summed E-state index contributed by atoms with van der Waals surface area (Å²) in [5.74, 6) is 0.861. The number of benzene rings is 1. The van der Waals surface area contributed by atoms with Gasteiger partial charge in [0.25, 0.3) is 5.69 Å². The molecule has 0 aliphatic carbocycles. The Balaban J connectivity index is 2.68. The summed E-state index contributed by atoms with van der Waals surface area (Å²) >= 11 is 1.56. The first-order valence-corrected chi connectivity index (χ1v) is 7.19. The van der Waals surface area contributed by atoms with Crippen molar-refractivity contribution in [2.75, 3.05) is 25.4 Å². The average molecular weight is 282 g/mol. The molecule has 0 N–H and O–H groups in total. The van der Waals surface area contributed by atoms with Crippen LogP contribution in [0, 0.1) is 10.1 Å². The number of nitro benzene ring substituents is 1. The number of rotatable bonds is 8. The van der Waals surface area contributed by atoms with E-state index in [4.69, 9.17) is 0 Å². The van der Waals surface area contributed by atoms with Gasteiger partial charge in [0, 0.05) is 34.9 Å². The molecular weight excluding hydrogens is 264 g/mol. The van der Waals surface area contributed by atoms with Gasteiger partial charge in [-0.1, -0.05) is 13.8 Å². The summed E-state index contributed by atoms with van der Waals surface area (Å²) in [6.07, 6.45) is 0.673. The second-order valence-electron chi connectivity index (χ2n) is 3.97. The van der Waals surface area contributed by atoms with E-state index in [1.807, 2.05) is 0 Å². The van der Waals surface area contributed by atoms with Gasteiger partial charge in [-0.2, -0.15) is 0 Å². The van der Waals surface area contributed by atoms with Gasteiger partial charge in [-0.05, 0) is 19.2 Å². The molecule has 0 bridgehead atoms. The Morgan fingerprint density at radius 2 is 2.05 bits per heavy atom. The van der Waals surface area contributed by atoms with E-state index in [0.717, 1.165) is 30.3 Å². The second kappa shape index (κ2) is 7.91. The van der Waals surface area contributed by atoms with Gasteiger partial charge in [-0.15, -0.1) is 11.8 Å². The van der Waals surface area contributed by atoms with Gasteiger partial charge in [0.15, 0.2) is 6.29 Å². The summed E-state index contributed by atoms with van der Waals surface area (Å²) in [7, 11) is 0. The Kier molecular flexibility index (Phi) is 6.52. The third-order valence-corrected chi connectivity index (χ3v) is 3.96. The van der Waals surface area contributed by atoms with E-state index >= 15 is 0 Å². The molecule has 0 aromatic heterocycles. The molecule has 0 atom stereocenters. The molecule has 1 aromatic carbocycles. The first-order chi connectivity index (χ1) is 9.12. The van der Waals surface area contributed by atoms with Crippen molar-refractivity contribution in [2.24, 2.45) is 0 Å². The molecule has 0 spiro atoms.